The zero-order chi connectivity index (χ0) is 23.3. The number of nitrogens with zero attached hydrogens (tertiary/aromatic N) is 2. The third-order valence-electron chi connectivity index (χ3n) is 5.60. The first kappa shape index (κ1) is 23.6. The Hall–Kier alpha value is -2.59. The lowest BCUT2D eigenvalue weighted by Gasteiger charge is -2.22. The molecule has 0 atom stereocenters. The maximum atomic E-state index is 13.1. The molecular formula is C24H26FN3O3S2. The van der Waals surface area contributed by atoms with Crippen molar-refractivity contribution >= 4 is 27.3 Å². The fraction of sp³-hybridized carbons (Fsp3) is 0.292. The van der Waals surface area contributed by atoms with Crippen molar-refractivity contribution in [2.45, 2.75) is 24.4 Å². The molecular weight excluding hydrogens is 461 g/mol. The predicted molar refractivity (Wildman–Crippen MR) is 127 cm³/mol. The maximum absolute atomic E-state index is 13.1. The molecule has 33 heavy (non-hydrogen) atoms. The third-order valence-corrected chi connectivity index (χ3v) is 7.88. The Morgan fingerprint density at radius 3 is 2.58 bits per heavy atom. The molecule has 6 nitrogen and oxygen atoms in total. The van der Waals surface area contributed by atoms with Gasteiger partial charge in [0.2, 0.25) is 10.0 Å². The van der Waals surface area contributed by atoms with Crippen LogP contribution in [0.4, 0.5) is 4.39 Å². The number of halogens is 1. The first-order chi connectivity index (χ1) is 15.9. The lowest BCUT2D eigenvalue weighted by Crippen LogP contribution is -2.35. The van der Waals surface area contributed by atoms with Gasteiger partial charge in [-0.3, -0.25) is 9.69 Å². The number of carbonyl (C=O) groups is 1. The van der Waals surface area contributed by atoms with Crippen LogP contribution < -0.4 is 4.72 Å². The van der Waals surface area contributed by atoms with Crippen molar-refractivity contribution < 1.29 is 17.6 Å². The lowest BCUT2D eigenvalue weighted by atomic mass is 10.2. The summed E-state index contributed by atoms with van der Waals surface area (Å²) in [5, 5.41) is 1.89. The number of amides is 1. The average molecular weight is 488 g/mol. The molecule has 1 aromatic heterocycles. The SMILES string of the molecule is O=C(c1cccc(S(=O)(=O)NCc2cccs2)c1)N1CCCN(Cc2ccc(F)cc2)CC1. The van der Waals surface area contributed by atoms with Crippen LogP contribution in [0.15, 0.2) is 70.9 Å². The molecule has 0 spiro atoms. The summed E-state index contributed by atoms with van der Waals surface area (Å²) in [6.45, 7) is 3.60. The van der Waals surface area contributed by atoms with Crippen molar-refractivity contribution in [1.29, 1.82) is 0 Å². The van der Waals surface area contributed by atoms with E-state index < -0.39 is 10.0 Å². The van der Waals surface area contributed by atoms with Crippen LogP contribution in [0.5, 0.6) is 0 Å². The highest BCUT2D eigenvalue weighted by Gasteiger charge is 2.22. The van der Waals surface area contributed by atoms with Crippen molar-refractivity contribution in [2.75, 3.05) is 26.2 Å². The van der Waals surface area contributed by atoms with Gasteiger partial charge >= 0.3 is 0 Å². The van der Waals surface area contributed by atoms with Gasteiger partial charge in [0.25, 0.3) is 5.91 Å². The quantitative estimate of drug-likeness (QED) is 0.552. The van der Waals surface area contributed by atoms with Crippen LogP contribution in [-0.4, -0.2) is 50.3 Å². The molecule has 1 fully saturated rings. The molecule has 2 heterocycles. The van der Waals surface area contributed by atoms with E-state index >= 15 is 0 Å². The second-order valence-electron chi connectivity index (χ2n) is 7.98. The highest BCUT2D eigenvalue weighted by molar-refractivity contribution is 7.89. The smallest absolute Gasteiger partial charge is 0.253 e. The van der Waals surface area contributed by atoms with Crippen LogP contribution in [0.2, 0.25) is 0 Å². The van der Waals surface area contributed by atoms with Crippen LogP contribution in [-0.2, 0) is 23.1 Å². The molecule has 1 amide bonds. The van der Waals surface area contributed by atoms with Crippen molar-refractivity contribution in [1.82, 2.24) is 14.5 Å². The summed E-state index contributed by atoms with van der Waals surface area (Å²) in [6, 6.07) is 16.4. The summed E-state index contributed by atoms with van der Waals surface area (Å²) in [4.78, 5) is 18.1. The highest BCUT2D eigenvalue weighted by Crippen LogP contribution is 2.17. The van der Waals surface area contributed by atoms with Gasteiger partial charge in [-0.1, -0.05) is 24.3 Å². The van der Waals surface area contributed by atoms with Crippen LogP contribution in [0.1, 0.15) is 27.2 Å². The standard InChI is InChI=1S/C24H26FN3O3S2/c25-21-9-7-19(8-10-21)18-27-11-3-12-28(14-13-27)24(29)20-4-1-6-23(16-20)33(30,31)26-17-22-5-2-15-32-22/h1-2,4-10,15-16,26H,3,11-14,17-18H2. The fourth-order valence-electron chi connectivity index (χ4n) is 3.82. The molecule has 1 aliphatic heterocycles. The summed E-state index contributed by atoms with van der Waals surface area (Å²) >= 11 is 1.48. The second kappa shape index (κ2) is 10.6. The molecule has 1 N–H and O–H groups in total. The second-order valence-corrected chi connectivity index (χ2v) is 10.8. The minimum absolute atomic E-state index is 0.0812. The van der Waals surface area contributed by atoms with Crippen LogP contribution in [0.3, 0.4) is 0 Å². The number of sulfonamides is 1. The normalized spacial score (nSPS) is 15.4. The first-order valence-corrected chi connectivity index (χ1v) is 13.2. The van der Waals surface area contributed by atoms with Gasteiger partial charge in [-0.25, -0.2) is 17.5 Å². The molecule has 0 unspecified atom stereocenters. The molecule has 4 rings (SSSR count). The van der Waals surface area contributed by atoms with Crippen LogP contribution in [0, 0.1) is 5.82 Å². The van der Waals surface area contributed by atoms with Gasteiger partial charge in [0.1, 0.15) is 5.82 Å². The van der Waals surface area contributed by atoms with Gasteiger partial charge in [-0.2, -0.15) is 0 Å². The molecule has 0 aliphatic carbocycles. The molecule has 3 aromatic rings. The maximum Gasteiger partial charge on any atom is 0.253 e. The Morgan fingerprint density at radius 2 is 1.82 bits per heavy atom. The van der Waals surface area contributed by atoms with E-state index in [-0.39, 0.29) is 23.2 Å². The van der Waals surface area contributed by atoms with Crippen molar-refractivity contribution in [3.63, 3.8) is 0 Å². The van der Waals surface area contributed by atoms with Crippen LogP contribution >= 0.6 is 11.3 Å². The number of carbonyl (C=O) groups excluding carboxylic acids is 1. The number of hydrogen-bond acceptors (Lipinski definition) is 5. The van der Waals surface area contributed by atoms with Crippen LogP contribution in [0.25, 0.3) is 0 Å². The van der Waals surface area contributed by atoms with E-state index in [1.165, 1.54) is 35.6 Å². The van der Waals surface area contributed by atoms with E-state index in [1.54, 1.807) is 29.2 Å². The molecule has 2 aromatic carbocycles. The number of benzene rings is 2. The first-order valence-electron chi connectivity index (χ1n) is 10.8. The van der Waals surface area contributed by atoms with Gasteiger partial charge in [0.05, 0.1) is 4.90 Å². The Morgan fingerprint density at radius 1 is 1.00 bits per heavy atom. The van der Waals surface area contributed by atoms with Gasteiger partial charge in [0.15, 0.2) is 0 Å². The van der Waals surface area contributed by atoms with Crippen molar-refractivity contribution in [3.8, 4) is 0 Å². The zero-order valence-corrected chi connectivity index (χ0v) is 19.7. The summed E-state index contributed by atoms with van der Waals surface area (Å²) in [5.74, 6) is -0.425. The molecule has 0 bridgehead atoms. The summed E-state index contributed by atoms with van der Waals surface area (Å²) in [6.07, 6.45) is 0.813. The van der Waals surface area contributed by atoms with E-state index in [1.807, 2.05) is 17.5 Å². The molecule has 1 aliphatic rings. The Bertz CT molecular complexity index is 1180. The van der Waals surface area contributed by atoms with Gasteiger partial charge < -0.3 is 4.90 Å². The largest absolute Gasteiger partial charge is 0.337 e. The number of hydrogen-bond donors (Lipinski definition) is 1. The third kappa shape index (κ3) is 6.26. The van der Waals surface area contributed by atoms with Crippen molar-refractivity contribution in [2.24, 2.45) is 0 Å². The van der Waals surface area contributed by atoms with Gasteiger partial charge in [0, 0.05) is 49.7 Å². The molecule has 9 heteroatoms. The summed E-state index contributed by atoms with van der Waals surface area (Å²) in [7, 11) is -3.73. The van der Waals surface area contributed by atoms with Gasteiger partial charge in [-0.05, 0) is 53.8 Å². The zero-order valence-electron chi connectivity index (χ0n) is 18.1. The number of nitrogens with one attached hydrogen (secondary N) is 1. The minimum atomic E-state index is -3.73. The Labute approximate surface area is 197 Å². The topological polar surface area (TPSA) is 69.7 Å². The lowest BCUT2D eigenvalue weighted by molar-refractivity contribution is 0.0761. The van der Waals surface area contributed by atoms with Crippen molar-refractivity contribution in [3.05, 3.63) is 87.9 Å². The molecule has 174 valence electrons. The van der Waals surface area contributed by atoms with E-state index in [0.717, 1.165) is 23.4 Å². The predicted octanol–water partition coefficient (Wildman–Crippen LogP) is 3.71. The van der Waals surface area contributed by atoms with E-state index in [4.69, 9.17) is 0 Å². The van der Waals surface area contributed by atoms with E-state index in [0.29, 0.717) is 31.7 Å². The molecule has 1 saturated heterocycles. The van der Waals surface area contributed by atoms with Gasteiger partial charge in [-0.15, -0.1) is 11.3 Å². The fourth-order valence-corrected chi connectivity index (χ4v) is 5.61. The van der Waals surface area contributed by atoms with E-state index in [9.17, 15) is 17.6 Å². The summed E-state index contributed by atoms with van der Waals surface area (Å²) in [5.41, 5.74) is 1.39. The highest BCUT2D eigenvalue weighted by atomic mass is 32.2. The van der Waals surface area contributed by atoms with E-state index in [2.05, 4.69) is 9.62 Å². The number of rotatable bonds is 7. The molecule has 0 saturated carbocycles. The average Bonchev–Trinajstić information content (AvgIpc) is 3.24. The Balaban J connectivity index is 1.39. The summed E-state index contributed by atoms with van der Waals surface area (Å²) < 4.78 is 41.2. The minimum Gasteiger partial charge on any atom is -0.337 e. The molecule has 0 radical (unpaired) electrons. The number of thiophene rings is 1. The Kier molecular flexibility index (Phi) is 7.54. The monoisotopic (exact) mass is 487 g/mol.